The van der Waals surface area contributed by atoms with Crippen LogP contribution in [-0.2, 0) is 4.74 Å². The van der Waals surface area contributed by atoms with E-state index in [0.29, 0.717) is 13.2 Å². The number of hydrogen-bond donors (Lipinski definition) is 0. The molecular formula is C14H17FN2O4. The van der Waals surface area contributed by atoms with E-state index in [-0.39, 0.29) is 17.4 Å². The Labute approximate surface area is 121 Å². The Morgan fingerprint density at radius 1 is 1.57 bits per heavy atom. The lowest BCUT2D eigenvalue weighted by molar-refractivity contribution is -0.387. The minimum atomic E-state index is -1.000. The Balaban J connectivity index is 2.04. The topological polar surface area (TPSA) is 72.7 Å². The summed E-state index contributed by atoms with van der Waals surface area (Å²) in [5.74, 6) is -1.08. The Morgan fingerprint density at radius 3 is 2.90 bits per heavy atom. The van der Waals surface area contributed by atoms with Gasteiger partial charge in [-0.25, -0.2) is 0 Å². The van der Waals surface area contributed by atoms with E-state index in [1.807, 2.05) is 0 Å². The zero-order valence-electron chi connectivity index (χ0n) is 11.8. The van der Waals surface area contributed by atoms with Gasteiger partial charge in [0.15, 0.2) is 0 Å². The van der Waals surface area contributed by atoms with E-state index in [1.54, 1.807) is 7.05 Å². The fraction of sp³-hybridized carbons (Fsp3) is 0.500. The number of rotatable bonds is 4. The van der Waals surface area contributed by atoms with Crippen molar-refractivity contribution in [2.45, 2.75) is 12.8 Å². The van der Waals surface area contributed by atoms with Crippen molar-refractivity contribution in [1.82, 2.24) is 4.90 Å². The lowest BCUT2D eigenvalue weighted by Crippen LogP contribution is -2.35. The number of nitrogens with zero attached hydrogens (tertiary/aromatic N) is 2. The number of benzene rings is 1. The number of carbonyl (C=O) groups excluding carboxylic acids is 1. The first kappa shape index (κ1) is 15.4. The monoisotopic (exact) mass is 296 g/mol. The first-order valence-electron chi connectivity index (χ1n) is 6.76. The summed E-state index contributed by atoms with van der Waals surface area (Å²) in [6, 6.07) is 3.20. The smallest absolute Gasteiger partial charge is 0.304 e. The molecule has 0 saturated carbocycles. The molecule has 0 radical (unpaired) electrons. The van der Waals surface area contributed by atoms with Gasteiger partial charge in [-0.3, -0.25) is 14.9 Å². The highest BCUT2D eigenvalue weighted by molar-refractivity contribution is 5.94. The number of hydrogen-bond acceptors (Lipinski definition) is 4. The summed E-state index contributed by atoms with van der Waals surface area (Å²) in [5, 5.41) is 10.6. The molecule has 0 aliphatic carbocycles. The third kappa shape index (κ3) is 3.75. The van der Waals surface area contributed by atoms with Crippen LogP contribution in [0.1, 0.15) is 23.2 Å². The number of amides is 1. The predicted octanol–water partition coefficient (Wildman–Crippen LogP) is 2.23. The molecule has 1 unspecified atom stereocenters. The molecule has 114 valence electrons. The highest BCUT2D eigenvalue weighted by atomic mass is 19.1. The Hall–Kier alpha value is -2.02. The van der Waals surface area contributed by atoms with Crippen molar-refractivity contribution in [1.29, 1.82) is 0 Å². The molecule has 1 aliphatic rings. The van der Waals surface area contributed by atoms with Crippen LogP contribution < -0.4 is 0 Å². The van der Waals surface area contributed by atoms with E-state index in [4.69, 9.17) is 4.74 Å². The van der Waals surface area contributed by atoms with E-state index in [1.165, 1.54) is 11.0 Å². The van der Waals surface area contributed by atoms with E-state index >= 15 is 0 Å². The summed E-state index contributed by atoms with van der Waals surface area (Å²) in [6.45, 7) is 1.89. The summed E-state index contributed by atoms with van der Waals surface area (Å²) in [5.41, 5.74) is -0.521. The van der Waals surface area contributed by atoms with Crippen LogP contribution >= 0.6 is 0 Å². The van der Waals surface area contributed by atoms with Gasteiger partial charge in [0.2, 0.25) is 5.82 Å². The molecule has 1 amide bonds. The minimum absolute atomic E-state index is 0.109. The molecule has 6 nitrogen and oxygen atoms in total. The average Bonchev–Trinajstić information content (AvgIpc) is 2.47. The van der Waals surface area contributed by atoms with Crippen LogP contribution in [0.3, 0.4) is 0 Å². The Bertz CT molecular complexity index is 544. The summed E-state index contributed by atoms with van der Waals surface area (Å²) in [6.07, 6.45) is 1.96. The molecule has 0 aromatic heterocycles. The molecular weight excluding hydrogens is 279 g/mol. The molecule has 21 heavy (non-hydrogen) atoms. The third-order valence-electron chi connectivity index (χ3n) is 3.52. The highest BCUT2D eigenvalue weighted by Gasteiger charge is 2.22. The van der Waals surface area contributed by atoms with Gasteiger partial charge in [0.1, 0.15) is 0 Å². The minimum Gasteiger partial charge on any atom is -0.381 e. The first-order valence-corrected chi connectivity index (χ1v) is 6.76. The van der Waals surface area contributed by atoms with Crippen molar-refractivity contribution >= 4 is 11.6 Å². The molecule has 0 N–H and O–H groups in total. The van der Waals surface area contributed by atoms with Gasteiger partial charge in [0, 0.05) is 31.8 Å². The maximum Gasteiger partial charge on any atom is 0.304 e. The Morgan fingerprint density at radius 2 is 2.33 bits per heavy atom. The number of ether oxygens (including phenoxy) is 1. The highest BCUT2D eigenvalue weighted by Crippen LogP contribution is 2.20. The molecule has 1 saturated heterocycles. The van der Waals surface area contributed by atoms with Gasteiger partial charge in [0.25, 0.3) is 5.91 Å². The molecule has 2 rings (SSSR count). The average molecular weight is 296 g/mol. The van der Waals surface area contributed by atoms with E-state index < -0.39 is 16.4 Å². The number of carbonyl (C=O) groups is 1. The number of nitro groups is 1. The first-order chi connectivity index (χ1) is 9.99. The SMILES string of the molecule is CN(CC1CCCOC1)C(=O)c1ccc([N+](=O)[O-])c(F)c1. The van der Waals surface area contributed by atoms with Crippen LogP contribution in [0, 0.1) is 21.8 Å². The third-order valence-corrected chi connectivity index (χ3v) is 3.52. The lowest BCUT2D eigenvalue weighted by atomic mass is 10.0. The molecule has 0 bridgehead atoms. The second-order valence-corrected chi connectivity index (χ2v) is 5.19. The van der Waals surface area contributed by atoms with Crippen LogP contribution in [0.25, 0.3) is 0 Å². The zero-order chi connectivity index (χ0) is 15.4. The van der Waals surface area contributed by atoms with E-state index in [0.717, 1.165) is 31.6 Å². The van der Waals surface area contributed by atoms with Crippen LogP contribution in [0.5, 0.6) is 0 Å². The van der Waals surface area contributed by atoms with Gasteiger partial charge >= 0.3 is 5.69 Å². The molecule has 1 heterocycles. The largest absolute Gasteiger partial charge is 0.381 e. The molecule has 1 atom stereocenters. The quantitative estimate of drug-likeness (QED) is 0.631. The van der Waals surface area contributed by atoms with Gasteiger partial charge < -0.3 is 9.64 Å². The molecule has 7 heteroatoms. The molecule has 1 aromatic carbocycles. The normalized spacial score (nSPS) is 18.3. The van der Waals surface area contributed by atoms with E-state index in [9.17, 15) is 19.3 Å². The molecule has 1 aromatic rings. The molecule has 0 spiro atoms. The van der Waals surface area contributed by atoms with Crippen molar-refractivity contribution in [3.63, 3.8) is 0 Å². The number of nitro benzene ring substituents is 1. The van der Waals surface area contributed by atoms with Crippen molar-refractivity contribution in [3.05, 3.63) is 39.7 Å². The summed E-state index contributed by atoms with van der Waals surface area (Å²) < 4.78 is 18.9. The second kappa shape index (κ2) is 6.62. The molecule has 1 aliphatic heterocycles. The molecule has 1 fully saturated rings. The number of halogens is 1. The lowest BCUT2D eigenvalue weighted by Gasteiger charge is -2.27. The van der Waals surface area contributed by atoms with Crippen molar-refractivity contribution in [3.8, 4) is 0 Å². The summed E-state index contributed by atoms with van der Waals surface area (Å²) >= 11 is 0. The van der Waals surface area contributed by atoms with Crippen LogP contribution in [0.4, 0.5) is 10.1 Å². The fourth-order valence-electron chi connectivity index (χ4n) is 2.43. The maximum atomic E-state index is 13.6. The standard InChI is InChI=1S/C14H17FN2O4/c1-16(8-10-3-2-6-21-9-10)14(18)11-4-5-13(17(19)20)12(15)7-11/h4-5,7,10H,2-3,6,8-9H2,1H3. The van der Waals surface area contributed by atoms with Crippen molar-refractivity contribution < 1.29 is 18.8 Å². The Kier molecular flexibility index (Phi) is 4.85. The maximum absolute atomic E-state index is 13.6. The second-order valence-electron chi connectivity index (χ2n) is 5.19. The van der Waals surface area contributed by atoms with Crippen molar-refractivity contribution in [2.75, 3.05) is 26.8 Å². The van der Waals surface area contributed by atoms with Crippen LogP contribution in [0.2, 0.25) is 0 Å². The summed E-state index contributed by atoms with van der Waals surface area (Å²) in [4.78, 5) is 23.4. The van der Waals surface area contributed by atoms with Crippen LogP contribution in [-0.4, -0.2) is 42.5 Å². The van der Waals surface area contributed by atoms with Gasteiger partial charge in [-0.15, -0.1) is 0 Å². The summed E-state index contributed by atoms with van der Waals surface area (Å²) in [7, 11) is 1.64. The van der Waals surface area contributed by atoms with Crippen LogP contribution in [0.15, 0.2) is 18.2 Å². The zero-order valence-corrected chi connectivity index (χ0v) is 11.8. The predicted molar refractivity (Wildman–Crippen MR) is 73.6 cm³/mol. The van der Waals surface area contributed by atoms with Gasteiger partial charge in [-0.1, -0.05) is 0 Å². The fourth-order valence-corrected chi connectivity index (χ4v) is 2.43. The van der Waals surface area contributed by atoms with Gasteiger partial charge in [-0.05, 0) is 30.9 Å². The van der Waals surface area contributed by atoms with Gasteiger partial charge in [0.05, 0.1) is 11.5 Å². The van der Waals surface area contributed by atoms with E-state index in [2.05, 4.69) is 0 Å². The van der Waals surface area contributed by atoms with Crippen molar-refractivity contribution in [2.24, 2.45) is 5.92 Å². The van der Waals surface area contributed by atoms with Gasteiger partial charge in [-0.2, -0.15) is 4.39 Å².